The Kier molecular flexibility index (Phi) is 6.30. The second-order valence-corrected chi connectivity index (χ2v) is 5.13. The molecule has 0 aliphatic rings. The summed E-state index contributed by atoms with van der Waals surface area (Å²) in [4.78, 5) is 2.23. The average Bonchev–Trinajstić information content (AvgIpc) is 2.32. The monoisotopic (exact) mass is 252 g/mol. The van der Waals surface area contributed by atoms with Gasteiger partial charge in [0.2, 0.25) is 0 Å². The Morgan fingerprint density at radius 2 is 1.94 bits per heavy atom. The molecule has 0 amide bonds. The normalized spacial score (nSPS) is 13.3. The molecule has 1 N–H and O–H groups in total. The Balaban J connectivity index is 2.66. The minimum atomic E-state index is -0.115. The highest BCUT2D eigenvalue weighted by Gasteiger charge is 2.19. The van der Waals surface area contributed by atoms with Gasteiger partial charge in [-0.05, 0) is 25.6 Å². The number of likely N-dealkylation sites (N-methyl/N-ethyl adjacent to an activating group) is 2. The Morgan fingerprint density at radius 1 is 1.28 bits per heavy atom. The van der Waals surface area contributed by atoms with E-state index in [1.807, 2.05) is 12.1 Å². The van der Waals surface area contributed by atoms with Gasteiger partial charge in [-0.25, -0.2) is 4.39 Å². The Morgan fingerprint density at radius 3 is 2.50 bits per heavy atom. The fraction of sp³-hybridized carbons (Fsp3) is 0.600. The average molecular weight is 252 g/mol. The van der Waals surface area contributed by atoms with Gasteiger partial charge in [0.05, 0.1) is 0 Å². The highest BCUT2D eigenvalue weighted by molar-refractivity contribution is 5.17. The summed E-state index contributed by atoms with van der Waals surface area (Å²) in [5.74, 6) is 0.427. The van der Waals surface area contributed by atoms with Crippen LogP contribution >= 0.6 is 0 Å². The lowest BCUT2D eigenvalue weighted by Gasteiger charge is -2.31. The summed E-state index contributed by atoms with van der Waals surface area (Å²) in [6.45, 7) is 9.09. The van der Waals surface area contributed by atoms with Crippen molar-refractivity contribution >= 4 is 0 Å². The molecule has 0 bridgehead atoms. The molecule has 0 aliphatic heterocycles. The summed E-state index contributed by atoms with van der Waals surface area (Å²) < 4.78 is 13.6. The fourth-order valence-corrected chi connectivity index (χ4v) is 2.21. The van der Waals surface area contributed by atoms with Crippen LogP contribution in [0.4, 0.5) is 4.39 Å². The van der Waals surface area contributed by atoms with E-state index in [9.17, 15) is 4.39 Å². The maximum atomic E-state index is 13.6. The molecule has 0 aliphatic carbocycles. The molecule has 0 saturated heterocycles. The van der Waals surface area contributed by atoms with Crippen LogP contribution in [0, 0.1) is 11.7 Å². The predicted octanol–water partition coefficient (Wildman–Crippen LogP) is 2.89. The first-order valence-corrected chi connectivity index (χ1v) is 6.70. The highest BCUT2D eigenvalue weighted by atomic mass is 19.1. The summed E-state index contributed by atoms with van der Waals surface area (Å²) in [5.41, 5.74) is 0.766. The molecule has 102 valence electrons. The maximum Gasteiger partial charge on any atom is 0.127 e. The minimum absolute atomic E-state index is 0.115. The molecular weight excluding hydrogens is 227 g/mol. The third-order valence-electron chi connectivity index (χ3n) is 3.32. The summed E-state index contributed by atoms with van der Waals surface area (Å²) in [6, 6.07) is 7.43. The van der Waals surface area contributed by atoms with Crippen LogP contribution in [0.25, 0.3) is 0 Å². The number of halogens is 1. The second kappa shape index (κ2) is 7.49. The zero-order chi connectivity index (χ0) is 13.5. The molecule has 1 unspecified atom stereocenters. The molecule has 0 aromatic heterocycles. The molecule has 0 saturated carbocycles. The Bertz CT molecular complexity index is 352. The number of benzene rings is 1. The van der Waals surface area contributed by atoms with Crippen LogP contribution in [-0.4, -0.2) is 31.1 Å². The van der Waals surface area contributed by atoms with Gasteiger partial charge in [-0.2, -0.15) is 0 Å². The number of nitrogens with zero attached hydrogens (tertiary/aromatic N) is 1. The quantitative estimate of drug-likeness (QED) is 0.802. The fourth-order valence-electron chi connectivity index (χ4n) is 2.21. The van der Waals surface area contributed by atoms with Gasteiger partial charge in [0, 0.05) is 24.7 Å². The number of hydrogen-bond donors (Lipinski definition) is 1. The van der Waals surface area contributed by atoms with Crippen molar-refractivity contribution in [3.8, 4) is 0 Å². The maximum absolute atomic E-state index is 13.6. The van der Waals surface area contributed by atoms with E-state index in [2.05, 4.69) is 38.0 Å². The highest BCUT2D eigenvalue weighted by Crippen LogP contribution is 2.14. The van der Waals surface area contributed by atoms with Crippen molar-refractivity contribution in [2.45, 2.75) is 33.4 Å². The lowest BCUT2D eigenvalue weighted by molar-refractivity contribution is 0.178. The van der Waals surface area contributed by atoms with Crippen molar-refractivity contribution < 1.29 is 4.39 Å². The SMILES string of the molecule is CCNCC(C(C)C)N(C)Cc1ccccc1F. The van der Waals surface area contributed by atoms with Crippen LogP contribution < -0.4 is 5.32 Å². The topological polar surface area (TPSA) is 15.3 Å². The third-order valence-corrected chi connectivity index (χ3v) is 3.32. The van der Waals surface area contributed by atoms with Crippen molar-refractivity contribution in [1.82, 2.24) is 10.2 Å². The van der Waals surface area contributed by atoms with Gasteiger partial charge in [-0.15, -0.1) is 0 Å². The van der Waals surface area contributed by atoms with Gasteiger partial charge in [0.15, 0.2) is 0 Å². The summed E-state index contributed by atoms with van der Waals surface area (Å²) >= 11 is 0. The van der Waals surface area contributed by atoms with E-state index < -0.39 is 0 Å². The standard InChI is InChI=1S/C15H25FN2/c1-5-17-10-15(12(2)3)18(4)11-13-8-6-7-9-14(13)16/h6-9,12,15,17H,5,10-11H2,1-4H3. The van der Waals surface area contributed by atoms with Crippen LogP contribution in [0.2, 0.25) is 0 Å². The summed E-state index contributed by atoms with van der Waals surface area (Å²) in [7, 11) is 2.06. The van der Waals surface area contributed by atoms with E-state index in [1.54, 1.807) is 6.07 Å². The van der Waals surface area contributed by atoms with Crippen LogP contribution in [0.5, 0.6) is 0 Å². The molecular formula is C15H25FN2. The molecule has 0 spiro atoms. The predicted molar refractivity (Wildman–Crippen MR) is 75.0 cm³/mol. The number of hydrogen-bond acceptors (Lipinski definition) is 2. The zero-order valence-corrected chi connectivity index (χ0v) is 11.9. The van der Waals surface area contributed by atoms with Crippen LogP contribution in [0.15, 0.2) is 24.3 Å². The molecule has 2 nitrogen and oxygen atoms in total. The van der Waals surface area contributed by atoms with Gasteiger partial charge in [0.25, 0.3) is 0 Å². The Hall–Kier alpha value is -0.930. The first-order chi connectivity index (χ1) is 8.56. The largest absolute Gasteiger partial charge is 0.315 e. The van der Waals surface area contributed by atoms with Crippen molar-refractivity contribution in [3.05, 3.63) is 35.6 Å². The van der Waals surface area contributed by atoms with E-state index >= 15 is 0 Å². The summed E-state index contributed by atoms with van der Waals surface area (Å²) in [5, 5.41) is 3.38. The van der Waals surface area contributed by atoms with E-state index in [0.29, 0.717) is 18.5 Å². The van der Waals surface area contributed by atoms with Crippen LogP contribution in [-0.2, 0) is 6.54 Å². The van der Waals surface area contributed by atoms with Crippen molar-refractivity contribution in [2.75, 3.05) is 20.1 Å². The Labute approximate surface area is 110 Å². The summed E-state index contributed by atoms with van der Waals surface area (Å²) in [6.07, 6.45) is 0. The minimum Gasteiger partial charge on any atom is -0.315 e. The molecule has 0 fully saturated rings. The van der Waals surface area contributed by atoms with Crippen molar-refractivity contribution in [3.63, 3.8) is 0 Å². The number of rotatable bonds is 7. The van der Waals surface area contributed by atoms with Gasteiger partial charge in [-0.3, -0.25) is 4.90 Å². The third kappa shape index (κ3) is 4.39. The molecule has 18 heavy (non-hydrogen) atoms. The van der Waals surface area contributed by atoms with Crippen LogP contribution in [0.3, 0.4) is 0 Å². The molecule has 1 rings (SSSR count). The zero-order valence-electron chi connectivity index (χ0n) is 11.9. The second-order valence-electron chi connectivity index (χ2n) is 5.13. The first kappa shape index (κ1) is 15.1. The van der Waals surface area contributed by atoms with Crippen LogP contribution in [0.1, 0.15) is 26.3 Å². The van der Waals surface area contributed by atoms with Gasteiger partial charge in [0.1, 0.15) is 5.82 Å². The number of nitrogens with one attached hydrogen (secondary N) is 1. The van der Waals surface area contributed by atoms with E-state index in [1.165, 1.54) is 6.07 Å². The lowest BCUT2D eigenvalue weighted by Crippen LogP contribution is -2.43. The first-order valence-electron chi connectivity index (χ1n) is 6.70. The molecule has 0 heterocycles. The van der Waals surface area contributed by atoms with Crippen molar-refractivity contribution in [1.29, 1.82) is 0 Å². The molecule has 3 heteroatoms. The van der Waals surface area contributed by atoms with Gasteiger partial charge >= 0.3 is 0 Å². The van der Waals surface area contributed by atoms with Gasteiger partial charge < -0.3 is 5.32 Å². The molecule has 1 aromatic rings. The molecule has 0 radical (unpaired) electrons. The van der Waals surface area contributed by atoms with E-state index in [0.717, 1.165) is 18.7 Å². The lowest BCUT2D eigenvalue weighted by atomic mass is 10.0. The van der Waals surface area contributed by atoms with Crippen molar-refractivity contribution in [2.24, 2.45) is 5.92 Å². The van der Waals surface area contributed by atoms with E-state index in [-0.39, 0.29) is 5.82 Å². The smallest absolute Gasteiger partial charge is 0.127 e. The molecule has 1 atom stereocenters. The van der Waals surface area contributed by atoms with E-state index in [4.69, 9.17) is 0 Å². The van der Waals surface area contributed by atoms with Gasteiger partial charge in [-0.1, -0.05) is 39.0 Å². The molecule has 1 aromatic carbocycles.